The lowest BCUT2D eigenvalue weighted by Gasteiger charge is -2.35. The van der Waals surface area contributed by atoms with Crippen LogP contribution in [0, 0.1) is 5.92 Å². The molecule has 5 nitrogen and oxygen atoms in total. The van der Waals surface area contributed by atoms with Crippen LogP contribution in [0.25, 0.3) is 0 Å². The van der Waals surface area contributed by atoms with E-state index in [-0.39, 0.29) is 5.91 Å². The zero-order chi connectivity index (χ0) is 16.9. The van der Waals surface area contributed by atoms with Crippen molar-refractivity contribution in [2.24, 2.45) is 11.7 Å². The number of piperazine rings is 1. The third kappa shape index (κ3) is 4.23. The van der Waals surface area contributed by atoms with Gasteiger partial charge in [-0.2, -0.15) is 0 Å². The van der Waals surface area contributed by atoms with E-state index in [0.29, 0.717) is 17.9 Å². The summed E-state index contributed by atoms with van der Waals surface area (Å²) in [5.74, 6) is 0.335. The van der Waals surface area contributed by atoms with E-state index < -0.39 is 5.91 Å². The smallest absolute Gasteiger partial charge is 0.248 e. The van der Waals surface area contributed by atoms with Gasteiger partial charge in [0.25, 0.3) is 0 Å². The number of hydrogen-bond donors (Lipinski definition) is 1. The van der Waals surface area contributed by atoms with Gasteiger partial charge in [0.1, 0.15) is 0 Å². The largest absolute Gasteiger partial charge is 0.366 e. The summed E-state index contributed by atoms with van der Waals surface area (Å²) in [6.07, 6.45) is 7.25. The van der Waals surface area contributed by atoms with Crippen molar-refractivity contribution in [1.29, 1.82) is 0 Å². The Morgan fingerprint density at radius 3 is 2.38 bits per heavy atom. The number of carbonyl (C=O) groups excluding carboxylic acids is 2. The van der Waals surface area contributed by atoms with E-state index in [1.807, 2.05) is 17.0 Å². The van der Waals surface area contributed by atoms with Crippen LogP contribution < -0.4 is 5.73 Å². The first-order chi connectivity index (χ1) is 11.6. The fourth-order valence-corrected chi connectivity index (χ4v) is 3.41. The van der Waals surface area contributed by atoms with Crippen LogP contribution in [-0.4, -0.2) is 47.8 Å². The molecule has 1 heterocycles. The van der Waals surface area contributed by atoms with Crippen molar-refractivity contribution < 1.29 is 9.59 Å². The first-order valence-corrected chi connectivity index (χ1v) is 8.67. The van der Waals surface area contributed by atoms with Crippen LogP contribution in [0.3, 0.4) is 0 Å². The quantitative estimate of drug-likeness (QED) is 0.839. The fourth-order valence-electron chi connectivity index (χ4n) is 3.41. The molecule has 1 aliphatic heterocycles. The number of hydrogen-bond acceptors (Lipinski definition) is 3. The molecule has 0 unspecified atom stereocenters. The minimum absolute atomic E-state index is 0.289. The van der Waals surface area contributed by atoms with E-state index in [1.54, 1.807) is 12.1 Å². The molecule has 5 heteroatoms. The van der Waals surface area contributed by atoms with E-state index >= 15 is 0 Å². The van der Waals surface area contributed by atoms with Crippen LogP contribution in [0.1, 0.15) is 35.2 Å². The van der Waals surface area contributed by atoms with Crippen LogP contribution in [0.4, 0.5) is 0 Å². The Morgan fingerprint density at radius 2 is 1.79 bits per heavy atom. The molecule has 0 radical (unpaired) electrons. The second-order valence-electron chi connectivity index (χ2n) is 6.69. The molecule has 24 heavy (non-hydrogen) atoms. The zero-order valence-corrected chi connectivity index (χ0v) is 14.0. The Balaban J connectivity index is 1.45. The molecule has 1 atom stereocenters. The Morgan fingerprint density at radius 1 is 1.08 bits per heavy atom. The van der Waals surface area contributed by atoms with Gasteiger partial charge in [0.2, 0.25) is 11.8 Å². The second kappa shape index (κ2) is 7.62. The SMILES string of the molecule is NC(=O)c1ccc(CN2CCN(C(=O)C[C@H]3C=CCC3)CC2)cc1. The van der Waals surface area contributed by atoms with Gasteiger partial charge >= 0.3 is 0 Å². The van der Waals surface area contributed by atoms with Gasteiger partial charge in [-0.25, -0.2) is 0 Å². The minimum Gasteiger partial charge on any atom is -0.366 e. The van der Waals surface area contributed by atoms with Crippen molar-refractivity contribution in [1.82, 2.24) is 9.80 Å². The molecule has 0 bridgehead atoms. The predicted octanol–water partition coefficient (Wildman–Crippen LogP) is 1.79. The highest BCUT2D eigenvalue weighted by atomic mass is 16.2. The highest BCUT2D eigenvalue weighted by Gasteiger charge is 2.23. The molecule has 2 N–H and O–H groups in total. The van der Waals surface area contributed by atoms with Crippen LogP contribution in [0.5, 0.6) is 0 Å². The van der Waals surface area contributed by atoms with Gasteiger partial charge in [0, 0.05) is 44.7 Å². The van der Waals surface area contributed by atoms with Crippen LogP contribution in [0.15, 0.2) is 36.4 Å². The van der Waals surface area contributed by atoms with Gasteiger partial charge in [0.05, 0.1) is 0 Å². The minimum atomic E-state index is -0.397. The molecule has 2 amide bonds. The Bertz CT molecular complexity index is 616. The third-order valence-corrected chi connectivity index (χ3v) is 4.92. The number of amides is 2. The Kier molecular flexibility index (Phi) is 5.30. The summed E-state index contributed by atoms with van der Waals surface area (Å²) in [6, 6.07) is 7.44. The van der Waals surface area contributed by atoms with E-state index in [0.717, 1.165) is 51.1 Å². The molecular weight excluding hydrogens is 302 g/mol. The molecule has 1 fully saturated rings. The predicted molar refractivity (Wildman–Crippen MR) is 93.3 cm³/mol. The monoisotopic (exact) mass is 327 g/mol. The number of nitrogens with zero attached hydrogens (tertiary/aromatic N) is 2. The molecule has 1 aliphatic carbocycles. The van der Waals surface area contributed by atoms with Crippen LogP contribution >= 0.6 is 0 Å². The van der Waals surface area contributed by atoms with E-state index in [4.69, 9.17) is 5.73 Å². The molecule has 1 aromatic carbocycles. The lowest BCUT2D eigenvalue weighted by Crippen LogP contribution is -2.48. The van der Waals surface area contributed by atoms with Crippen molar-refractivity contribution in [3.05, 3.63) is 47.5 Å². The molecule has 1 aromatic rings. The maximum Gasteiger partial charge on any atom is 0.248 e. The molecular formula is C19H25N3O2. The summed E-state index contributed by atoms with van der Waals surface area (Å²) >= 11 is 0. The topological polar surface area (TPSA) is 66.6 Å². The third-order valence-electron chi connectivity index (χ3n) is 4.92. The highest BCUT2D eigenvalue weighted by molar-refractivity contribution is 5.92. The fraction of sp³-hybridized carbons (Fsp3) is 0.474. The average Bonchev–Trinajstić information content (AvgIpc) is 3.09. The van der Waals surface area contributed by atoms with Gasteiger partial charge < -0.3 is 10.6 Å². The number of primary amides is 1. The maximum absolute atomic E-state index is 12.4. The first kappa shape index (κ1) is 16.7. The molecule has 0 saturated carbocycles. The maximum atomic E-state index is 12.4. The summed E-state index contributed by atoms with van der Waals surface area (Å²) in [7, 11) is 0. The lowest BCUT2D eigenvalue weighted by molar-refractivity contribution is -0.133. The molecule has 1 saturated heterocycles. The normalized spacial score (nSPS) is 21.2. The van der Waals surface area contributed by atoms with Crippen molar-refractivity contribution >= 4 is 11.8 Å². The van der Waals surface area contributed by atoms with E-state index in [9.17, 15) is 9.59 Å². The van der Waals surface area contributed by atoms with Crippen LogP contribution in [0.2, 0.25) is 0 Å². The Labute approximate surface area is 143 Å². The number of carbonyl (C=O) groups is 2. The zero-order valence-electron chi connectivity index (χ0n) is 14.0. The van der Waals surface area contributed by atoms with Crippen molar-refractivity contribution in [2.45, 2.75) is 25.8 Å². The Hall–Kier alpha value is -2.14. The standard InChI is InChI=1S/C19H25N3O2/c20-19(24)17-7-5-16(6-8-17)14-21-9-11-22(12-10-21)18(23)13-15-3-1-2-4-15/h1,3,5-8,15H,2,4,9-14H2,(H2,20,24)/t15-/m0/s1. The van der Waals surface area contributed by atoms with E-state index in [2.05, 4.69) is 17.1 Å². The number of nitrogens with two attached hydrogens (primary N) is 1. The number of rotatable bonds is 5. The second-order valence-corrected chi connectivity index (χ2v) is 6.69. The number of allylic oxidation sites excluding steroid dienone is 2. The van der Waals surface area contributed by atoms with Gasteiger partial charge in [-0.15, -0.1) is 0 Å². The van der Waals surface area contributed by atoms with Gasteiger partial charge in [-0.05, 0) is 36.5 Å². The van der Waals surface area contributed by atoms with Gasteiger partial charge in [-0.1, -0.05) is 24.3 Å². The van der Waals surface area contributed by atoms with Crippen molar-refractivity contribution in [3.63, 3.8) is 0 Å². The summed E-state index contributed by atoms with van der Waals surface area (Å²) in [5.41, 5.74) is 6.96. The van der Waals surface area contributed by atoms with Crippen LogP contribution in [-0.2, 0) is 11.3 Å². The summed E-state index contributed by atoms with van der Waals surface area (Å²) in [5, 5.41) is 0. The van der Waals surface area contributed by atoms with E-state index in [1.165, 1.54) is 0 Å². The lowest BCUT2D eigenvalue weighted by atomic mass is 10.0. The summed E-state index contributed by atoms with van der Waals surface area (Å²) < 4.78 is 0. The average molecular weight is 327 g/mol. The summed E-state index contributed by atoms with van der Waals surface area (Å²) in [4.78, 5) is 27.8. The van der Waals surface area contributed by atoms with Gasteiger partial charge in [-0.3, -0.25) is 14.5 Å². The highest BCUT2D eigenvalue weighted by Crippen LogP contribution is 2.21. The molecule has 3 rings (SSSR count). The van der Waals surface area contributed by atoms with Crippen molar-refractivity contribution in [2.75, 3.05) is 26.2 Å². The summed E-state index contributed by atoms with van der Waals surface area (Å²) in [6.45, 7) is 4.23. The molecule has 0 spiro atoms. The molecule has 2 aliphatic rings. The molecule has 0 aromatic heterocycles. The number of benzene rings is 1. The first-order valence-electron chi connectivity index (χ1n) is 8.67. The van der Waals surface area contributed by atoms with Gasteiger partial charge in [0.15, 0.2) is 0 Å². The van der Waals surface area contributed by atoms with Crippen molar-refractivity contribution in [3.8, 4) is 0 Å². The molecule has 128 valence electrons.